The molecule has 0 radical (unpaired) electrons. The highest BCUT2D eigenvalue weighted by Crippen LogP contribution is 2.29. The zero-order valence-electron chi connectivity index (χ0n) is 15.9. The summed E-state index contributed by atoms with van der Waals surface area (Å²) in [5.41, 5.74) is 1.18. The molecule has 0 aliphatic carbocycles. The third kappa shape index (κ3) is 4.90. The second-order valence-electron chi connectivity index (χ2n) is 6.53. The summed E-state index contributed by atoms with van der Waals surface area (Å²) in [6, 6.07) is 15.9. The molecule has 0 fully saturated rings. The molecule has 0 bridgehead atoms. The summed E-state index contributed by atoms with van der Waals surface area (Å²) in [5, 5.41) is 11.3. The van der Waals surface area contributed by atoms with E-state index in [2.05, 4.69) is 0 Å². The van der Waals surface area contributed by atoms with Gasteiger partial charge in [0.1, 0.15) is 5.75 Å². The first-order chi connectivity index (χ1) is 14.3. The van der Waals surface area contributed by atoms with Crippen LogP contribution >= 0.6 is 23.2 Å². The fourth-order valence-electron chi connectivity index (χ4n) is 2.97. The van der Waals surface area contributed by atoms with Crippen molar-refractivity contribution in [1.29, 1.82) is 0 Å². The van der Waals surface area contributed by atoms with Crippen molar-refractivity contribution in [2.24, 2.45) is 0 Å². The van der Waals surface area contributed by atoms with E-state index in [0.29, 0.717) is 16.5 Å². The Morgan fingerprint density at radius 1 is 0.933 bits per heavy atom. The molecular formula is C22H17Cl2NO5. The maximum Gasteiger partial charge on any atom is 0.372 e. The second kappa shape index (κ2) is 9.15. The minimum atomic E-state index is -1.66. The Kier molecular flexibility index (Phi) is 6.59. The van der Waals surface area contributed by atoms with Crippen LogP contribution in [0, 0.1) is 0 Å². The molecule has 0 aliphatic heterocycles. The number of anilines is 1. The molecule has 0 saturated heterocycles. The van der Waals surface area contributed by atoms with Gasteiger partial charge in [0.15, 0.2) is 0 Å². The van der Waals surface area contributed by atoms with E-state index in [1.54, 1.807) is 13.2 Å². The topological polar surface area (TPSA) is 83.9 Å². The Balaban J connectivity index is 1.97. The Labute approximate surface area is 182 Å². The standard InChI is InChI=1S/C22H17Cl2NO5/c1-30-17-6-4-14-3-2-13(8-15(14)9-17)12-25(21(27)11-20(26)22(28)29)16-5-7-18(23)19(24)10-16/h2-10H,11-12H2,1H3,(H,28,29). The molecule has 154 valence electrons. The quantitative estimate of drug-likeness (QED) is 0.419. The van der Waals surface area contributed by atoms with Gasteiger partial charge in [0, 0.05) is 5.69 Å². The van der Waals surface area contributed by atoms with E-state index < -0.39 is 24.1 Å². The van der Waals surface area contributed by atoms with E-state index in [1.807, 2.05) is 36.4 Å². The number of carbonyl (C=O) groups is 3. The van der Waals surface area contributed by atoms with E-state index in [-0.39, 0.29) is 11.6 Å². The average molecular weight is 446 g/mol. The molecule has 0 heterocycles. The normalized spacial score (nSPS) is 10.6. The molecule has 1 amide bonds. The summed E-state index contributed by atoms with van der Waals surface area (Å²) in [5.74, 6) is -2.81. The van der Waals surface area contributed by atoms with E-state index in [0.717, 1.165) is 16.3 Å². The molecule has 0 atom stereocenters. The molecule has 6 nitrogen and oxygen atoms in total. The van der Waals surface area contributed by atoms with Gasteiger partial charge in [-0.3, -0.25) is 9.59 Å². The third-order valence-electron chi connectivity index (χ3n) is 4.52. The van der Waals surface area contributed by atoms with Crippen LogP contribution in [0.4, 0.5) is 5.69 Å². The van der Waals surface area contributed by atoms with Gasteiger partial charge in [-0.1, -0.05) is 41.4 Å². The number of fused-ring (bicyclic) bond motifs is 1. The van der Waals surface area contributed by atoms with Gasteiger partial charge in [-0.05, 0) is 52.7 Å². The smallest absolute Gasteiger partial charge is 0.372 e. The van der Waals surface area contributed by atoms with Crippen molar-refractivity contribution in [3.8, 4) is 5.75 Å². The monoisotopic (exact) mass is 445 g/mol. The predicted octanol–water partition coefficient (Wildman–Crippen LogP) is 4.73. The van der Waals surface area contributed by atoms with Crippen LogP contribution in [-0.2, 0) is 20.9 Å². The molecule has 0 unspecified atom stereocenters. The number of halogens is 2. The third-order valence-corrected chi connectivity index (χ3v) is 5.26. The minimum Gasteiger partial charge on any atom is -0.497 e. The van der Waals surface area contributed by atoms with Crippen molar-refractivity contribution in [3.63, 3.8) is 0 Å². The first kappa shape index (κ1) is 21.6. The van der Waals surface area contributed by atoms with Gasteiger partial charge < -0.3 is 14.7 Å². The Morgan fingerprint density at radius 2 is 1.67 bits per heavy atom. The van der Waals surface area contributed by atoms with Gasteiger partial charge in [-0.25, -0.2) is 4.79 Å². The summed E-state index contributed by atoms with van der Waals surface area (Å²) < 4.78 is 5.26. The lowest BCUT2D eigenvalue weighted by Crippen LogP contribution is -2.33. The number of carboxylic acid groups (broad SMARTS) is 1. The van der Waals surface area contributed by atoms with Crippen molar-refractivity contribution >= 4 is 57.3 Å². The number of hydrogen-bond donors (Lipinski definition) is 1. The van der Waals surface area contributed by atoms with Crippen molar-refractivity contribution in [1.82, 2.24) is 0 Å². The number of nitrogens with zero attached hydrogens (tertiary/aromatic N) is 1. The van der Waals surface area contributed by atoms with Gasteiger partial charge in [-0.2, -0.15) is 0 Å². The Morgan fingerprint density at radius 3 is 2.33 bits per heavy atom. The number of carboxylic acids is 1. The SMILES string of the molecule is COc1ccc2ccc(CN(C(=O)CC(=O)C(=O)O)c3ccc(Cl)c(Cl)c3)cc2c1. The zero-order chi connectivity index (χ0) is 21.8. The zero-order valence-corrected chi connectivity index (χ0v) is 17.4. The van der Waals surface area contributed by atoms with Crippen LogP contribution in [0.1, 0.15) is 12.0 Å². The van der Waals surface area contributed by atoms with Crippen LogP contribution < -0.4 is 9.64 Å². The molecule has 8 heteroatoms. The molecular weight excluding hydrogens is 429 g/mol. The van der Waals surface area contributed by atoms with Gasteiger partial charge in [0.05, 0.1) is 30.1 Å². The summed E-state index contributed by atoms with van der Waals surface area (Å²) in [4.78, 5) is 36.6. The number of ether oxygens (including phenoxy) is 1. The first-order valence-electron chi connectivity index (χ1n) is 8.86. The van der Waals surface area contributed by atoms with Gasteiger partial charge in [0.2, 0.25) is 11.7 Å². The van der Waals surface area contributed by atoms with Crippen molar-refractivity contribution < 1.29 is 24.2 Å². The molecule has 0 aliphatic rings. The highest BCUT2D eigenvalue weighted by molar-refractivity contribution is 6.42. The Bertz CT molecular complexity index is 1150. The summed E-state index contributed by atoms with van der Waals surface area (Å²) in [7, 11) is 1.58. The number of Topliss-reactive ketones (excluding diaryl/α,β-unsaturated/α-hetero) is 1. The van der Waals surface area contributed by atoms with E-state index in [9.17, 15) is 14.4 Å². The van der Waals surface area contributed by atoms with Crippen LogP contribution in [0.5, 0.6) is 5.75 Å². The van der Waals surface area contributed by atoms with Gasteiger partial charge in [-0.15, -0.1) is 0 Å². The Hall–Kier alpha value is -3.09. The van der Waals surface area contributed by atoms with Crippen LogP contribution in [0.2, 0.25) is 10.0 Å². The number of ketones is 1. The largest absolute Gasteiger partial charge is 0.497 e. The lowest BCUT2D eigenvalue weighted by atomic mass is 10.1. The number of carbonyl (C=O) groups excluding carboxylic acids is 2. The van der Waals surface area contributed by atoms with Crippen molar-refractivity contribution in [2.75, 3.05) is 12.0 Å². The van der Waals surface area contributed by atoms with Crippen LogP contribution in [0.3, 0.4) is 0 Å². The summed E-state index contributed by atoms with van der Waals surface area (Å²) in [6.07, 6.45) is -0.767. The number of hydrogen-bond acceptors (Lipinski definition) is 4. The fourth-order valence-corrected chi connectivity index (χ4v) is 3.26. The molecule has 1 N–H and O–H groups in total. The van der Waals surface area contributed by atoms with Crippen molar-refractivity contribution in [2.45, 2.75) is 13.0 Å². The van der Waals surface area contributed by atoms with E-state index in [1.165, 1.54) is 17.0 Å². The van der Waals surface area contributed by atoms with Crippen LogP contribution in [0.25, 0.3) is 10.8 Å². The highest BCUT2D eigenvalue weighted by Gasteiger charge is 2.23. The number of aliphatic carboxylic acids is 1. The lowest BCUT2D eigenvalue weighted by Gasteiger charge is -2.23. The maximum absolute atomic E-state index is 12.8. The lowest BCUT2D eigenvalue weighted by molar-refractivity contribution is -0.150. The number of methoxy groups -OCH3 is 1. The number of benzene rings is 3. The fraction of sp³-hybridized carbons (Fsp3) is 0.136. The first-order valence-corrected chi connectivity index (χ1v) is 9.62. The molecule has 0 saturated carbocycles. The van der Waals surface area contributed by atoms with Crippen LogP contribution in [0.15, 0.2) is 54.6 Å². The van der Waals surface area contributed by atoms with Crippen molar-refractivity contribution in [3.05, 3.63) is 70.2 Å². The molecule has 0 aromatic heterocycles. The number of rotatable bonds is 7. The van der Waals surface area contributed by atoms with Crippen LogP contribution in [-0.4, -0.2) is 29.9 Å². The van der Waals surface area contributed by atoms with E-state index >= 15 is 0 Å². The minimum absolute atomic E-state index is 0.108. The second-order valence-corrected chi connectivity index (χ2v) is 7.35. The molecule has 30 heavy (non-hydrogen) atoms. The maximum atomic E-state index is 12.8. The highest BCUT2D eigenvalue weighted by atomic mass is 35.5. The molecule has 3 aromatic carbocycles. The number of amides is 1. The van der Waals surface area contributed by atoms with Gasteiger partial charge >= 0.3 is 5.97 Å². The molecule has 3 rings (SSSR count). The predicted molar refractivity (Wildman–Crippen MR) is 115 cm³/mol. The summed E-state index contributed by atoms with van der Waals surface area (Å²) >= 11 is 12.1. The van der Waals surface area contributed by atoms with Gasteiger partial charge in [0.25, 0.3) is 0 Å². The average Bonchev–Trinajstić information content (AvgIpc) is 2.73. The van der Waals surface area contributed by atoms with E-state index in [4.69, 9.17) is 33.0 Å². The summed E-state index contributed by atoms with van der Waals surface area (Å²) in [6.45, 7) is 0.108. The molecule has 0 spiro atoms. The molecule has 3 aromatic rings.